The standard InChI is InChI=1S/C72H6F36/c73-61(74,75)49-21-1-2-8-4-9-3(1)23(49)17-34-31(9)52(64(82,83)84)24(4)18-35-30(8)50(62(76,77)78)22(2)15-13(21)28-16-14-27-7-11-5-10-6-12(7)38-37-20-26(6)53(65(85,86)87)32(10)36-19-25(5)51(63(79,80)81)29(11)33(14)54(43(16)49,66(88,89)90)39(17)45(51)55(34,67(91,92)93)40(19)46(52)56(36,68(94,95)96)41(18)47(53)57(35,69(97,98)99)42(20)48(50)58(37,70(100,101)102)44(15)60(28,72(106,107)108)59(27,38)71(103,104)105/h16,40,42-43,46,48H. The van der Waals surface area contributed by atoms with Gasteiger partial charge in [0.2, 0.25) is 0 Å². The van der Waals surface area contributed by atoms with Crippen LogP contribution in [-0.4, -0.2) is 74.1 Å². The molecule has 0 heterocycles. The van der Waals surface area contributed by atoms with Crippen LogP contribution in [0, 0.1) is 23.2 Å². The Kier molecular flexibility index (Phi) is 6.52. The van der Waals surface area contributed by atoms with E-state index in [1.807, 2.05) is 0 Å². The van der Waals surface area contributed by atoms with E-state index in [4.69, 9.17) is 0 Å². The van der Waals surface area contributed by atoms with Crippen molar-refractivity contribution in [3.8, 4) is 0 Å². The first-order valence-corrected chi connectivity index (χ1v) is 33.0. The summed E-state index contributed by atoms with van der Waals surface area (Å²) in [4.78, 5) is 0. The molecule has 0 saturated carbocycles. The number of allylic oxidation sites excluding steroid dienone is 4. The van der Waals surface area contributed by atoms with Gasteiger partial charge in [0.05, 0.1) is 0 Å². The summed E-state index contributed by atoms with van der Waals surface area (Å²) in [6.07, 6.45) is -90.2. The molecule has 0 aliphatic heterocycles. The molecule has 18 atom stereocenters. The van der Waals surface area contributed by atoms with E-state index in [1.165, 1.54) is 0 Å². The molecular formula is C72H6F36. The van der Waals surface area contributed by atoms with Crippen molar-refractivity contribution >= 4 is 86.9 Å². The van der Waals surface area contributed by atoms with E-state index in [9.17, 15) is 0 Å². The van der Waals surface area contributed by atoms with Gasteiger partial charge in [-0.25, -0.2) is 0 Å². The Morgan fingerprint density at radius 1 is 0.194 bits per heavy atom. The molecule has 8 aromatic rings. The highest BCUT2D eigenvalue weighted by Gasteiger charge is 3.07. The summed E-state index contributed by atoms with van der Waals surface area (Å²) in [6, 6.07) is 0. The predicted molar refractivity (Wildman–Crippen MR) is 285 cm³/mol. The Morgan fingerprint density at radius 2 is 0.500 bits per heavy atom. The van der Waals surface area contributed by atoms with Gasteiger partial charge < -0.3 is 0 Å². The maximum atomic E-state index is 19.6. The summed E-state index contributed by atoms with van der Waals surface area (Å²) in [5, 5.41) is -33.5. The van der Waals surface area contributed by atoms with Crippen molar-refractivity contribution in [3.05, 3.63) is 144 Å². The summed E-state index contributed by atoms with van der Waals surface area (Å²) < 4.78 is 702. The number of halogens is 36. The lowest BCUT2D eigenvalue weighted by atomic mass is 9.34. The second-order valence-electron chi connectivity index (χ2n) is 34.2. The third-order valence-electron chi connectivity index (χ3n) is 34.0. The maximum Gasteiger partial charge on any atom is 0.406 e. The highest BCUT2D eigenvalue weighted by molar-refractivity contribution is 6.44. The minimum atomic E-state index is -7.78. The second kappa shape index (κ2) is 12.1. The molecule has 0 fully saturated rings. The van der Waals surface area contributed by atoms with Crippen molar-refractivity contribution < 1.29 is 158 Å². The van der Waals surface area contributed by atoms with Gasteiger partial charge in [-0.1, -0.05) is 0 Å². The number of benzene rings is 8. The highest BCUT2D eigenvalue weighted by Crippen LogP contribution is 3.05. The molecule has 24 aliphatic carbocycles. The molecule has 0 radical (unpaired) electrons. The Morgan fingerprint density at radius 3 is 0.898 bits per heavy atom. The fourth-order valence-corrected chi connectivity index (χ4v) is 34.9. The first kappa shape index (κ1) is 58.0. The van der Waals surface area contributed by atoms with Gasteiger partial charge in [0.25, 0.3) is 0 Å². The zero-order valence-corrected chi connectivity index (χ0v) is 50.1. The van der Waals surface area contributed by atoms with E-state index >= 15 is 158 Å². The average Bonchev–Trinajstić information content (AvgIpc) is 1.35. The van der Waals surface area contributed by atoms with Gasteiger partial charge in [0.1, 0.15) is 65.0 Å². The first-order valence-electron chi connectivity index (χ1n) is 33.0. The molecular weight excluding hydrogens is 1550 g/mol. The minimum absolute atomic E-state index is 2.18. The van der Waals surface area contributed by atoms with Crippen LogP contribution in [0.4, 0.5) is 158 Å². The Hall–Kier alpha value is -7.98. The lowest BCUT2D eigenvalue weighted by Crippen LogP contribution is -2.76. The third kappa shape index (κ3) is 3.25. The van der Waals surface area contributed by atoms with Crippen molar-refractivity contribution in [1.29, 1.82) is 0 Å². The van der Waals surface area contributed by atoms with E-state index in [-0.39, 0.29) is 0 Å². The second-order valence-corrected chi connectivity index (χ2v) is 34.2. The van der Waals surface area contributed by atoms with Crippen molar-refractivity contribution in [2.45, 2.75) is 151 Å². The third-order valence-corrected chi connectivity index (χ3v) is 34.0. The van der Waals surface area contributed by atoms with Gasteiger partial charge in [0, 0.05) is 35.5 Å². The van der Waals surface area contributed by atoms with E-state index < -0.39 is 406 Å². The molecule has 0 spiro atoms. The zero-order chi connectivity index (χ0) is 75.7. The van der Waals surface area contributed by atoms with Crippen molar-refractivity contribution in [2.75, 3.05) is 0 Å². The molecule has 0 N–H and O–H groups in total. The van der Waals surface area contributed by atoms with Crippen LogP contribution in [0.25, 0.3) is 86.9 Å². The first-order chi connectivity index (χ1) is 49.4. The van der Waals surface area contributed by atoms with E-state index in [0.29, 0.717) is 0 Å². The molecule has 0 bridgehead atoms. The van der Waals surface area contributed by atoms with Crippen LogP contribution in [-0.2, 0) is 59.6 Å². The molecule has 24 aliphatic rings. The molecule has 18 unspecified atom stereocenters. The molecule has 0 nitrogen and oxygen atoms in total. The summed E-state index contributed by atoms with van der Waals surface area (Å²) in [5.41, 5.74) is -153. The highest BCUT2D eigenvalue weighted by atomic mass is 19.5. The van der Waals surface area contributed by atoms with E-state index in [0.717, 1.165) is 0 Å². The van der Waals surface area contributed by atoms with Crippen LogP contribution in [0.5, 0.6) is 0 Å². The van der Waals surface area contributed by atoms with Gasteiger partial charge in [-0.15, -0.1) is 0 Å². The number of hydrogen-bond donors (Lipinski definition) is 0. The fourth-order valence-electron chi connectivity index (χ4n) is 34.9. The van der Waals surface area contributed by atoms with Gasteiger partial charge in [-0.3, -0.25) is 0 Å². The number of alkyl halides is 36. The number of rotatable bonds is 0. The van der Waals surface area contributed by atoms with Crippen molar-refractivity contribution in [1.82, 2.24) is 0 Å². The molecule has 0 aromatic heterocycles. The summed E-state index contributed by atoms with van der Waals surface area (Å²) in [5.74, 6) is -29.1. The Balaban J connectivity index is 1.12. The average molecular weight is 1550 g/mol. The van der Waals surface area contributed by atoms with E-state index in [2.05, 4.69) is 0 Å². The van der Waals surface area contributed by atoms with Crippen molar-refractivity contribution in [3.63, 3.8) is 0 Å². The monoisotopic (exact) mass is 1550 g/mol. The lowest BCUT2D eigenvalue weighted by Gasteiger charge is -2.67. The molecule has 0 saturated heterocycles. The summed E-state index contributed by atoms with van der Waals surface area (Å²) in [7, 11) is 0. The number of hydrogen-bond acceptors (Lipinski definition) is 0. The van der Waals surface area contributed by atoms with Gasteiger partial charge in [-0.2, -0.15) is 158 Å². The van der Waals surface area contributed by atoms with Crippen LogP contribution >= 0.6 is 0 Å². The minimum Gasteiger partial charge on any atom is -0.170 e. The molecule has 32 rings (SSSR count). The van der Waals surface area contributed by atoms with Gasteiger partial charge in [0.15, 0.2) is 0 Å². The van der Waals surface area contributed by atoms with Gasteiger partial charge in [-0.05, 0) is 231 Å². The Bertz CT molecular complexity index is 7180. The summed E-state index contributed by atoms with van der Waals surface area (Å²) >= 11 is 0. The normalized spacial score (nSPS) is 41.7. The van der Waals surface area contributed by atoms with Gasteiger partial charge >= 0.3 is 74.1 Å². The SMILES string of the molecule is FC(F)(F)C12C3=C4c5c6c7c8c9c5C5(C(F)(F)F)c%10c%11c%12c%13c(c%14c%15c%16c%17c(c8%14)C7(C(F)(F)F)C7C(c8c%14c%18c%19c(c81)c1c2c2c8c%20c1c1c%21c%22c%23c(c%191)C%18(C(F)(F)F)C(=C%17C%147C(F)(F)F)C%16(C(F)(F)F)C%23C(C%22(C(F)(F)F)C=%12C(C(F)(F)F)(C=%11C8C5C42C(F)(F)F)C%20%21C(F)(F)F)C%15%13C(F)(F)F)C36C(F)(F)F)c%109. The topological polar surface area (TPSA) is 0 Å². The molecule has 36 heteroatoms. The molecule has 0 amide bonds. The van der Waals surface area contributed by atoms with Crippen LogP contribution in [0.1, 0.15) is 140 Å². The molecule has 8 aromatic carbocycles. The van der Waals surface area contributed by atoms with Crippen LogP contribution in [0.2, 0.25) is 0 Å². The van der Waals surface area contributed by atoms with Crippen LogP contribution in [0.3, 0.4) is 0 Å². The van der Waals surface area contributed by atoms with E-state index in [1.54, 1.807) is 0 Å². The fraction of sp³-hybridized carbons (Fsp3) is 0.417. The predicted octanol–water partition coefficient (Wildman–Crippen LogP) is 19.0. The lowest BCUT2D eigenvalue weighted by molar-refractivity contribution is -0.287. The molecule has 108 heavy (non-hydrogen) atoms. The summed E-state index contributed by atoms with van der Waals surface area (Å²) in [6.45, 7) is 0. The maximum absolute atomic E-state index is 19.6. The largest absolute Gasteiger partial charge is 0.406 e. The Labute approximate surface area is 562 Å². The quantitative estimate of drug-likeness (QED) is 0.105. The zero-order valence-electron chi connectivity index (χ0n) is 50.1. The van der Waals surface area contributed by atoms with Crippen LogP contribution < -0.4 is 10.4 Å². The van der Waals surface area contributed by atoms with Crippen molar-refractivity contribution in [2.24, 2.45) is 23.2 Å². The van der Waals surface area contributed by atoms with Crippen LogP contribution in [0.15, 0.2) is 11.1 Å². The molecule has 546 valence electrons. The smallest absolute Gasteiger partial charge is 0.170 e.